The summed E-state index contributed by atoms with van der Waals surface area (Å²) in [5.74, 6) is 0.398. The molecule has 0 heterocycles. The lowest BCUT2D eigenvalue weighted by Gasteiger charge is -2.25. The van der Waals surface area contributed by atoms with Crippen LogP contribution in [-0.2, 0) is 10.2 Å². The summed E-state index contributed by atoms with van der Waals surface area (Å²) < 4.78 is 5.45. The molecule has 2 aromatic rings. The van der Waals surface area contributed by atoms with Crippen LogP contribution >= 0.6 is 0 Å². The summed E-state index contributed by atoms with van der Waals surface area (Å²) in [4.78, 5) is 23.2. The third-order valence-electron chi connectivity index (χ3n) is 3.91. The predicted molar refractivity (Wildman–Crippen MR) is 94.4 cm³/mol. The van der Waals surface area contributed by atoms with Crippen LogP contribution in [0.15, 0.2) is 54.6 Å². The Morgan fingerprint density at radius 3 is 2.21 bits per heavy atom. The van der Waals surface area contributed by atoms with Crippen molar-refractivity contribution in [3.63, 3.8) is 0 Å². The van der Waals surface area contributed by atoms with E-state index in [1.807, 2.05) is 18.2 Å². The molecule has 0 bridgehead atoms. The van der Waals surface area contributed by atoms with Crippen molar-refractivity contribution in [2.24, 2.45) is 0 Å². The molecule has 0 unspecified atom stereocenters. The Labute approximate surface area is 142 Å². The quantitative estimate of drug-likeness (QED) is 0.794. The van der Waals surface area contributed by atoms with E-state index in [-0.39, 0.29) is 23.7 Å². The lowest BCUT2D eigenvalue weighted by atomic mass is 9.84. The maximum Gasteiger partial charge on any atom is 0.257 e. The molecule has 1 amide bonds. The molecule has 0 fully saturated rings. The number of carbonyl (C=O) groups is 2. The largest absolute Gasteiger partial charge is 0.484 e. The van der Waals surface area contributed by atoms with Gasteiger partial charge in [0.1, 0.15) is 5.75 Å². The van der Waals surface area contributed by atoms with Gasteiger partial charge in [0.25, 0.3) is 5.91 Å². The molecule has 0 radical (unpaired) electrons. The molecule has 0 aliphatic heterocycles. The van der Waals surface area contributed by atoms with E-state index in [1.54, 1.807) is 24.3 Å². The van der Waals surface area contributed by atoms with E-state index in [1.165, 1.54) is 12.5 Å². The molecule has 24 heavy (non-hydrogen) atoms. The van der Waals surface area contributed by atoms with Gasteiger partial charge in [0, 0.05) is 17.5 Å². The van der Waals surface area contributed by atoms with Crippen LogP contribution in [0, 0.1) is 0 Å². The van der Waals surface area contributed by atoms with Crippen LogP contribution < -0.4 is 10.1 Å². The van der Waals surface area contributed by atoms with Gasteiger partial charge >= 0.3 is 0 Å². The number of carbonyl (C=O) groups excluding carboxylic acids is 2. The summed E-state index contributed by atoms with van der Waals surface area (Å²) in [5, 5.41) is 2.90. The van der Waals surface area contributed by atoms with Crippen molar-refractivity contribution in [1.29, 1.82) is 0 Å². The van der Waals surface area contributed by atoms with Gasteiger partial charge < -0.3 is 10.1 Å². The highest BCUT2D eigenvalue weighted by Crippen LogP contribution is 2.21. The summed E-state index contributed by atoms with van der Waals surface area (Å²) in [6, 6.07) is 16.8. The van der Waals surface area contributed by atoms with Crippen molar-refractivity contribution in [1.82, 2.24) is 5.32 Å². The second-order valence-electron chi connectivity index (χ2n) is 6.40. The van der Waals surface area contributed by atoms with Crippen LogP contribution in [0.3, 0.4) is 0 Å². The first-order valence-corrected chi connectivity index (χ1v) is 7.94. The first-order valence-electron chi connectivity index (χ1n) is 7.94. The van der Waals surface area contributed by atoms with Crippen molar-refractivity contribution in [3.05, 3.63) is 65.7 Å². The van der Waals surface area contributed by atoms with Crippen LogP contribution in [0.1, 0.15) is 36.7 Å². The highest BCUT2D eigenvalue weighted by molar-refractivity contribution is 5.94. The van der Waals surface area contributed by atoms with Gasteiger partial charge in [-0.3, -0.25) is 9.59 Å². The minimum Gasteiger partial charge on any atom is -0.484 e. The Kier molecular flexibility index (Phi) is 5.74. The SMILES string of the molecule is CC(=O)c1ccc(OCC(=O)NCC(C)(C)c2ccccc2)cc1. The van der Waals surface area contributed by atoms with Crippen molar-refractivity contribution in [3.8, 4) is 5.75 Å². The molecule has 0 saturated carbocycles. The topological polar surface area (TPSA) is 55.4 Å². The molecule has 1 N–H and O–H groups in total. The van der Waals surface area contributed by atoms with Crippen LogP contribution in [0.5, 0.6) is 5.75 Å². The van der Waals surface area contributed by atoms with Gasteiger partial charge in [-0.25, -0.2) is 0 Å². The fourth-order valence-electron chi connectivity index (χ4n) is 2.30. The number of rotatable bonds is 7. The molecule has 0 atom stereocenters. The molecule has 0 aromatic heterocycles. The Balaban J connectivity index is 1.82. The molecule has 0 aliphatic rings. The smallest absolute Gasteiger partial charge is 0.257 e. The highest BCUT2D eigenvalue weighted by Gasteiger charge is 2.21. The molecule has 126 valence electrons. The highest BCUT2D eigenvalue weighted by atomic mass is 16.5. The number of hydrogen-bond donors (Lipinski definition) is 1. The van der Waals surface area contributed by atoms with Gasteiger partial charge in [-0.1, -0.05) is 44.2 Å². The molecule has 4 nitrogen and oxygen atoms in total. The molecule has 4 heteroatoms. The first-order chi connectivity index (χ1) is 11.4. The van der Waals surface area contributed by atoms with Crippen LogP contribution in [0.4, 0.5) is 0 Å². The van der Waals surface area contributed by atoms with Crippen molar-refractivity contribution in [2.75, 3.05) is 13.2 Å². The van der Waals surface area contributed by atoms with Gasteiger partial charge in [-0.15, -0.1) is 0 Å². The monoisotopic (exact) mass is 325 g/mol. The zero-order valence-electron chi connectivity index (χ0n) is 14.3. The fourth-order valence-corrected chi connectivity index (χ4v) is 2.30. The zero-order valence-corrected chi connectivity index (χ0v) is 14.3. The normalized spacial score (nSPS) is 11.0. The van der Waals surface area contributed by atoms with E-state index in [2.05, 4.69) is 31.3 Å². The second-order valence-corrected chi connectivity index (χ2v) is 6.40. The summed E-state index contributed by atoms with van der Waals surface area (Å²) in [6.07, 6.45) is 0. The second kappa shape index (κ2) is 7.77. The average Bonchev–Trinajstić information content (AvgIpc) is 2.59. The van der Waals surface area contributed by atoms with E-state index in [0.29, 0.717) is 17.9 Å². The van der Waals surface area contributed by atoms with E-state index in [9.17, 15) is 9.59 Å². The maximum absolute atomic E-state index is 12.0. The van der Waals surface area contributed by atoms with Crippen LogP contribution in [0.25, 0.3) is 0 Å². The van der Waals surface area contributed by atoms with Gasteiger partial charge in [0.2, 0.25) is 0 Å². The van der Waals surface area contributed by atoms with Crippen molar-refractivity contribution >= 4 is 11.7 Å². The molecule has 0 saturated heterocycles. The number of Topliss-reactive ketones (excluding diaryl/α,β-unsaturated/α-hetero) is 1. The van der Waals surface area contributed by atoms with Gasteiger partial charge in [-0.2, -0.15) is 0 Å². The lowest BCUT2D eigenvalue weighted by molar-refractivity contribution is -0.123. The van der Waals surface area contributed by atoms with Crippen molar-refractivity contribution in [2.45, 2.75) is 26.2 Å². The maximum atomic E-state index is 12.0. The van der Waals surface area contributed by atoms with Gasteiger partial charge in [0.05, 0.1) is 0 Å². The third kappa shape index (κ3) is 4.95. The molecule has 0 aliphatic carbocycles. The van der Waals surface area contributed by atoms with Crippen LogP contribution in [0.2, 0.25) is 0 Å². The first kappa shape index (κ1) is 17.7. The molecular formula is C20H23NO3. The summed E-state index contributed by atoms with van der Waals surface area (Å²) in [7, 11) is 0. The molecule has 2 aromatic carbocycles. The molecule has 2 rings (SSSR count). The lowest BCUT2D eigenvalue weighted by Crippen LogP contribution is -2.38. The number of hydrogen-bond acceptors (Lipinski definition) is 3. The number of ether oxygens (including phenoxy) is 1. The van der Waals surface area contributed by atoms with Gasteiger partial charge in [-0.05, 0) is 36.8 Å². The van der Waals surface area contributed by atoms with E-state index in [0.717, 1.165) is 0 Å². The Bertz CT molecular complexity index is 691. The zero-order chi connectivity index (χ0) is 17.6. The summed E-state index contributed by atoms with van der Waals surface area (Å²) >= 11 is 0. The van der Waals surface area contributed by atoms with E-state index in [4.69, 9.17) is 4.74 Å². The minimum atomic E-state index is -0.172. The number of benzene rings is 2. The molecular weight excluding hydrogens is 302 g/mol. The number of nitrogens with one attached hydrogen (secondary N) is 1. The Morgan fingerprint density at radius 1 is 1.00 bits per heavy atom. The van der Waals surface area contributed by atoms with Gasteiger partial charge in [0.15, 0.2) is 12.4 Å². The van der Waals surface area contributed by atoms with E-state index < -0.39 is 0 Å². The fraction of sp³-hybridized carbons (Fsp3) is 0.300. The average molecular weight is 325 g/mol. The summed E-state index contributed by atoms with van der Waals surface area (Å²) in [6.45, 7) is 6.17. The standard InChI is InChI=1S/C20H23NO3/c1-15(22)16-9-11-18(12-10-16)24-13-19(23)21-14-20(2,3)17-7-5-4-6-8-17/h4-12H,13-14H2,1-3H3,(H,21,23). The number of ketones is 1. The Hall–Kier alpha value is -2.62. The number of amides is 1. The van der Waals surface area contributed by atoms with E-state index >= 15 is 0 Å². The third-order valence-corrected chi connectivity index (χ3v) is 3.91. The van der Waals surface area contributed by atoms with Crippen molar-refractivity contribution < 1.29 is 14.3 Å². The minimum absolute atomic E-state index is 0.00226. The van der Waals surface area contributed by atoms with Crippen LogP contribution in [-0.4, -0.2) is 24.8 Å². The predicted octanol–water partition coefficient (Wildman–Crippen LogP) is 3.36. The molecule has 0 spiro atoms. The Morgan fingerprint density at radius 2 is 1.62 bits per heavy atom. The summed E-state index contributed by atoms with van der Waals surface area (Å²) in [5.41, 5.74) is 1.64.